The number of hydrogen-bond acceptors (Lipinski definition) is 5. The van der Waals surface area contributed by atoms with Gasteiger partial charge in [0.05, 0.1) is 23.9 Å². The summed E-state index contributed by atoms with van der Waals surface area (Å²) in [5.74, 6) is -0.126. The van der Waals surface area contributed by atoms with Crippen LogP contribution in [0, 0.1) is 6.92 Å². The van der Waals surface area contributed by atoms with E-state index in [2.05, 4.69) is 20.6 Å². The molecule has 0 aliphatic carbocycles. The Morgan fingerprint density at radius 3 is 2.17 bits per heavy atom. The van der Waals surface area contributed by atoms with Gasteiger partial charge in [-0.2, -0.15) is 0 Å². The number of hydrogen-bond donors (Lipinski definition) is 2. The van der Waals surface area contributed by atoms with Crippen LogP contribution in [0.2, 0.25) is 0 Å². The fourth-order valence-corrected chi connectivity index (χ4v) is 3.06. The average molecular weight is 407 g/mol. The van der Waals surface area contributed by atoms with Crippen LogP contribution >= 0.6 is 12.2 Å². The van der Waals surface area contributed by atoms with Gasteiger partial charge in [-0.25, -0.2) is 14.8 Å². The number of rotatable bonds is 6. The first kappa shape index (κ1) is 20.4. The van der Waals surface area contributed by atoms with Crippen LogP contribution in [-0.4, -0.2) is 27.7 Å². The third-order valence-electron chi connectivity index (χ3n) is 4.24. The van der Waals surface area contributed by atoms with E-state index in [9.17, 15) is 4.79 Å². The van der Waals surface area contributed by atoms with Crippen molar-refractivity contribution in [1.29, 1.82) is 0 Å². The maximum atomic E-state index is 11.9. The number of thiocarbonyl (C=S) groups is 1. The molecule has 3 aromatic rings. The van der Waals surface area contributed by atoms with Crippen LogP contribution in [0.1, 0.15) is 40.1 Å². The van der Waals surface area contributed by atoms with Crippen molar-refractivity contribution in [3.63, 3.8) is 0 Å². The SMILES string of the molecule is CCOC(=O)c1cnc(NC(=S)NC(c2ccccc2)c2ccccc2)nc1C. The second kappa shape index (κ2) is 9.75. The van der Waals surface area contributed by atoms with Gasteiger partial charge in [0.15, 0.2) is 5.11 Å². The van der Waals surface area contributed by atoms with Gasteiger partial charge in [-0.3, -0.25) is 0 Å². The minimum atomic E-state index is -0.439. The Hall–Kier alpha value is -3.32. The van der Waals surface area contributed by atoms with Crippen molar-refractivity contribution in [1.82, 2.24) is 15.3 Å². The van der Waals surface area contributed by atoms with Crippen LogP contribution in [0.4, 0.5) is 5.95 Å². The molecule has 0 saturated carbocycles. The maximum Gasteiger partial charge on any atom is 0.341 e. The maximum absolute atomic E-state index is 11.9. The molecule has 2 N–H and O–H groups in total. The van der Waals surface area contributed by atoms with Crippen molar-refractivity contribution in [2.45, 2.75) is 19.9 Å². The van der Waals surface area contributed by atoms with Crippen molar-refractivity contribution in [2.24, 2.45) is 0 Å². The first-order chi connectivity index (χ1) is 14.1. The fourth-order valence-electron chi connectivity index (χ4n) is 2.86. The van der Waals surface area contributed by atoms with Crippen molar-refractivity contribution in [3.05, 3.63) is 89.2 Å². The average Bonchev–Trinajstić information content (AvgIpc) is 2.73. The molecule has 0 unspecified atom stereocenters. The van der Waals surface area contributed by atoms with Crippen molar-refractivity contribution >= 4 is 29.2 Å². The number of nitrogens with zero attached hydrogens (tertiary/aromatic N) is 2. The minimum absolute atomic E-state index is 0.127. The summed E-state index contributed by atoms with van der Waals surface area (Å²) in [6.07, 6.45) is 1.44. The number of ether oxygens (including phenoxy) is 1. The lowest BCUT2D eigenvalue weighted by Gasteiger charge is -2.21. The monoisotopic (exact) mass is 406 g/mol. The third-order valence-corrected chi connectivity index (χ3v) is 4.46. The molecule has 2 aromatic carbocycles. The van der Waals surface area contributed by atoms with Crippen LogP contribution in [0.3, 0.4) is 0 Å². The molecular formula is C22H22N4O2S. The molecule has 0 amide bonds. The number of nitrogens with one attached hydrogen (secondary N) is 2. The number of benzene rings is 2. The number of aromatic nitrogens is 2. The second-order valence-electron chi connectivity index (χ2n) is 6.27. The topological polar surface area (TPSA) is 76.1 Å². The Balaban J connectivity index is 1.76. The number of aryl methyl sites for hydroxylation is 1. The summed E-state index contributed by atoms with van der Waals surface area (Å²) < 4.78 is 5.00. The molecule has 0 saturated heterocycles. The zero-order valence-electron chi connectivity index (χ0n) is 16.3. The molecular weight excluding hydrogens is 384 g/mol. The highest BCUT2D eigenvalue weighted by Gasteiger charge is 2.16. The van der Waals surface area contributed by atoms with Crippen LogP contribution in [0.15, 0.2) is 66.9 Å². The van der Waals surface area contributed by atoms with Crippen LogP contribution < -0.4 is 10.6 Å². The quantitative estimate of drug-likeness (QED) is 0.473. The highest BCUT2D eigenvalue weighted by atomic mass is 32.1. The summed E-state index contributed by atoms with van der Waals surface area (Å²) >= 11 is 5.49. The summed E-state index contributed by atoms with van der Waals surface area (Å²) in [4.78, 5) is 20.4. The van der Waals surface area contributed by atoms with Gasteiger partial charge in [-0.15, -0.1) is 0 Å². The van der Waals surface area contributed by atoms with E-state index in [0.29, 0.717) is 28.9 Å². The van der Waals surface area contributed by atoms with Gasteiger partial charge in [0, 0.05) is 6.20 Å². The lowest BCUT2D eigenvalue weighted by molar-refractivity contribution is 0.0524. The molecule has 7 heteroatoms. The largest absolute Gasteiger partial charge is 0.462 e. The molecule has 1 aromatic heterocycles. The van der Waals surface area contributed by atoms with E-state index in [4.69, 9.17) is 17.0 Å². The molecule has 0 bridgehead atoms. The van der Waals surface area contributed by atoms with E-state index in [1.54, 1.807) is 13.8 Å². The highest BCUT2D eigenvalue weighted by molar-refractivity contribution is 7.80. The van der Waals surface area contributed by atoms with Crippen molar-refractivity contribution in [3.8, 4) is 0 Å². The molecule has 0 fully saturated rings. The number of carbonyl (C=O) groups is 1. The minimum Gasteiger partial charge on any atom is -0.462 e. The smallest absolute Gasteiger partial charge is 0.341 e. The van der Waals surface area contributed by atoms with Crippen LogP contribution in [-0.2, 0) is 4.74 Å². The first-order valence-corrected chi connectivity index (χ1v) is 9.67. The van der Waals surface area contributed by atoms with Crippen molar-refractivity contribution < 1.29 is 9.53 Å². The van der Waals surface area contributed by atoms with Crippen molar-refractivity contribution in [2.75, 3.05) is 11.9 Å². The van der Waals surface area contributed by atoms with Gasteiger partial charge in [0.1, 0.15) is 0 Å². The van der Waals surface area contributed by atoms with Gasteiger partial charge < -0.3 is 15.4 Å². The number of esters is 1. The van der Waals surface area contributed by atoms with Gasteiger partial charge in [0.25, 0.3) is 0 Å². The number of anilines is 1. The highest BCUT2D eigenvalue weighted by Crippen LogP contribution is 2.22. The Labute approximate surface area is 175 Å². The molecule has 0 spiro atoms. The summed E-state index contributed by atoms with van der Waals surface area (Å²) in [6.45, 7) is 3.78. The summed E-state index contributed by atoms with van der Waals surface area (Å²) in [5.41, 5.74) is 3.02. The molecule has 0 aliphatic rings. The normalized spacial score (nSPS) is 10.4. The van der Waals surface area contributed by atoms with E-state index >= 15 is 0 Å². The molecule has 148 valence electrons. The second-order valence-corrected chi connectivity index (χ2v) is 6.67. The zero-order chi connectivity index (χ0) is 20.6. The molecule has 0 atom stereocenters. The molecule has 3 rings (SSSR count). The van der Waals surface area contributed by atoms with Gasteiger partial charge in [-0.05, 0) is 37.2 Å². The summed E-state index contributed by atoms with van der Waals surface area (Å²) in [7, 11) is 0. The van der Waals surface area contributed by atoms with Crippen LogP contribution in [0.25, 0.3) is 0 Å². The number of carbonyl (C=O) groups excluding carboxylic acids is 1. The molecule has 0 aliphatic heterocycles. The third kappa shape index (κ3) is 5.36. The van der Waals surface area contributed by atoms with E-state index in [0.717, 1.165) is 11.1 Å². The predicted octanol–water partition coefficient (Wildman–Crippen LogP) is 4.04. The van der Waals surface area contributed by atoms with E-state index in [1.807, 2.05) is 60.7 Å². The molecule has 1 heterocycles. The summed E-state index contributed by atoms with van der Waals surface area (Å²) in [5, 5.41) is 6.70. The Morgan fingerprint density at radius 1 is 1.07 bits per heavy atom. The molecule has 0 radical (unpaired) electrons. The lowest BCUT2D eigenvalue weighted by Crippen LogP contribution is -2.33. The fraction of sp³-hybridized carbons (Fsp3) is 0.182. The Bertz CT molecular complexity index is 941. The van der Waals surface area contributed by atoms with Gasteiger partial charge in [0.2, 0.25) is 5.95 Å². The van der Waals surface area contributed by atoms with Crippen LogP contribution in [0.5, 0.6) is 0 Å². The van der Waals surface area contributed by atoms with E-state index in [-0.39, 0.29) is 6.04 Å². The van der Waals surface area contributed by atoms with Gasteiger partial charge >= 0.3 is 5.97 Å². The standard InChI is InChI=1S/C22H22N4O2S/c1-3-28-20(27)18-14-23-21(24-15(18)2)26-22(29)25-19(16-10-6-4-7-11-16)17-12-8-5-9-13-17/h4-14,19H,3H2,1-2H3,(H2,23,24,25,26,29). The van der Waals surface area contributed by atoms with E-state index in [1.165, 1.54) is 6.20 Å². The Kier molecular flexibility index (Phi) is 6.86. The predicted molar refractivity (Wildman–Crippen MR) is 117 cm³/mol. The first-order valence-electron chi connectivity index (χ1n) is 9.26. The lowest BCUT2D eigenvalue weighted by atomic mass is 9.99. The summed E-state index contributed by atoms with van der Waals surface area (Å²) in [6, 6.07) is 20.0. The van der Waals surface area contributed by atoms with E-state index < -0.39 is 5.97 Å². The van der Waals surface area contributed by atoms with Gasteiger partial charge in [-0.1, -0.05) is 60.7 Å². The molecule has 29 heavy (non-hydrogen) atoms. The zero-order valence-corrected chi connectivity index (χ0v) is 17.1. The Morgan fingerprint density at radius 2 is 1.66 bits per heavy atom. The molecule has 6 nitrogen and oxygen atoms in total.